The van der Waals surface area contributed by atoms with E-state index in [0.717, 1.165) is 19.4 Å². The number of ether oxygens (including phenoxy) is 2. The van der Waals surface area contributed by atoms with Crippen molar-refractivity contribution in [1.29, 1.82) is 0 Å². The van der Waals surface area contributed by atoms with E-state index in [4.69, 9.17) is 21.7 Å². The lowest BCUT2D eigenvalue weighted by Crippen LogP contribution is -2.35. The molecule has 0 bridgehead atoms. The first-order valence-corrected chi connectivity index (χ1v) is 10.6. The second-order valence-electron chi connectivity index (χ2n) is 5.92. The largest absolute Gasteiger partial charge is 0.495 e. The molecule has 2 N–H and O–H groups in total. The Hall–Kier alpha value is -1.42. The highest BCUT2D eigenvalue weighted by Gasteiger charge is 2.23. The van der Waals surface area contributed by atoms with Crippen molar-refractivity contribution in [2.24, 2.45) is 0 Å². The Kier molecular flexibility index (Phi) is 7.63. The summed E-state index contributed by atoms with van der Waals surface area (Å²) in [7, 11) is -2.03. The van der Waals surface area contributed by atoms with Crippen molar-refractivity contribution in [3.63, 3.8) is 0 Å². The average Bonchev–Trinajstić information content (AvgIpc) is 3.14. The predicted molar refractivity (Wildman–Crippen MR) is 106 cm³/mol. The summed E-state index contributed by atoms with van der Waals surface area (Å²) in [6.45, 7) is 5.85. The maximum atomic E-state index is 12.7. The van der Waals surface area contributed by atoms with Gasteiger partial charge in [-0.3, -0.25) is 0 Å². The van der Waals surface area contributed by atoms with Crippen molar-refractivity contribution in [3.05, 3.63) is 18.2 Å². The van der Waals surface area contributed by atoms with Gasteiger partial charge in [-0.1, -0.05) is 13.8 Å². The van der Waals surface area contributed by atoms with Gasteiger partial charge in [0.15, 0.2) is 5.11 Å². The third-order valence-electron chi connectivity index (χ3n) is 4.28. The van der Waals surface area contributed by atoms with E-state index in [0.29, 0.717) is 36.2 Å². The Balaban J connectivity index is 2.14. The van der Waals surface area contributed by atoms with Gasteiger partial charge in [-0.25, -0.2) is 8.42 Å². The van der Waals surface area contributed by atoms with Crippen LogP contribution >= 0.6 is 12.2 Å². The first-order chi connectivity index (χ1) is 12.4. The molecule has 7 nitrogen and oxygen atoms in total. The van der Waals surface area contributed by atoms with Gasteiger partial charge in [-0.05, 0) is 43.3 Å². The number of thiocarbonyl (C=S) groups is 1. The Labute approximate surface area is 161 Å². The van der Waals surface area contributed by atoms with E-state index in [-0.39, 0.29) is 11.0 Å². The van der Waals surface area contributed by atoms with Crippen LogP contribution in [0.3, 0.4) is 0 Å². The van der Waals surface area contributed by atoms with Crippen LogP contribution in [-0.2, 0) is 14.8 Å². The van der Waals surface area contributed by atoms with Crippen LogP contribution in [0, 0.1) is 0 Å². The van der Waals surface area contributed by atoms with Crippen LogP contribution in [0.25, 0.3) is 0 Å². The zero-order valence-electron chi connectivity index (χ0n) is 15.4. The van der Waals surface area contributed by atoms with Crippen LogP contribution in [0.1, 0.15) is 26.7 Å². The molecule has 26 heavy (non-hydrogen) atoms. The van der Waals surface area contributed by atoms with Gasteiger partial charge in [0.1, 0.15) is 5.75 Å². The van der Waals surface area contributed by atoms with Gasteiger partial charge < -0.3 is 20.1 Å². The minimum absolute atomic E-state index is 0.158. The van der Waals surface area contributed by atoms with Crippen LogP contribution in [0.15, 0.2) is 23.1 Å². The molecule has 9 heteroatoms. The molecule has 2 rings (SSSR count). The molecule has 1 atom stereocenters. The van der Waals surface area contributed by atoms with Crippen molar-refractivity contribution in [2.45, 2.75) is 37.7 Å². The number of sulfonamides is 1. The van der Waals surface area contributed by atoms with Gasteiger partial charge in [0.2, 0.25) is 10.0 Å². The molecule has 0 radical (unpaired) electrons. The Morgan fingerprint density at radius 2 is 2.12 bits per heavy atom. The van der Waals surface area contributed by atoms with E-state index in [9.17, 15) is 8.42 Å². The summed E-state index contributed by atoms with van der Waals surface area (Å²) in [5.74, 6) is 0.518. The molecular weight excluding hydrogens is 374 g/mol. The van der Waals surface area contributed by atoms with Crippen molar-refractivity contribution in [3.8, 4) is 5.75 Å². The van der Waals surface area contributed by atoms with Gasteiger partial charge in [0, 0.05) is 26.2 Å². The fraction of sp³-hybridized carbons (Fsp3) is 0.588. The lowest BCUT2D eigenvalue weighted by atomic mass is 10.2. The van der Waals surface area contributed by atoms with Crippen molar-refractivity contribution < 1.29 is 17.9 Å². The molecule has 1 aromatic rings. The van der Waals surface area contributed by atoms with E-state index in [2.05, 4.69) is 10.6 Å². The van der Waals surface area contributed by atoms with Crippen molar-refractivity contribution in [1.82, 2.24) is 9.62 Å². The molecule has 146 valence electrons. The van der Waals surface area contributed by atoms with E-state index >= 15 is 0 Å². The number of benzene rings is 1. The highest BCUT2D eigenvalue weighted by molar-refractivity contribution is 7.89. The fourth-order valence-corrected chi connectivity index (χ4v) is 4.51. The second kappa shape index (κ2) is 9.50. The molecule has 0 aliphatic carbocycles. The number of rotatable bonds is 8. The lowest BCUT2D eigenvalue weighted by molar-refractivity contribution is 0.114. The third-order valence-corrected chi connectivity index (χ3v) is 6.57. The number of hydrogen-bond donors (Lipinski definition) is 2. The summed E-state index contributed by atoms with van der Waals surface area (Å²) < 4.78 is 37.7. The molecular formula is C17H27N3O4S2. The second-order valence-corrected chi connectivity index (χ2v) is 8.27. The number of methoxy groups -OCH3 is 1. The van der Waals surface area contributed by atoms with E-state index in [1.54, 1.807) is 18.2 Å². The average molecular weight is 402 g/mol. The minimum atomic E-state index is -3.56. The molecule has 1 fully saturated rings. The van der Waals surface area contributed by atoms with Crippen LogP contribution in [0.4, 0.5) is 5.69 Å². The summed E-state index contributed by atoms with van der Waals surface area (Å²) in [4.78, 5) is 0.200. The van der Waals surface area contributed by atoms with Crippen molar-refractivity contribution in [2.75, 3.05) is 38.7 Å². The van der Waals surface area contributed by atoms with Crippen LogP contribution in [0.5, 0.6) is 5.75 Å². The van der Waals surface area contributed by atoms with Crippen molar-refractivity contribution >= 4 is 33.0 Å². The summed E-state index contributed by atoms with van der Waals surface area (Å²) in [6.07, 6.45) is 2.23. The highest BCUT2D eigenvalue weighted by atomic mass is 32.2. The van der Waals surface area contributed by atoms with E-state index < -0.39 is 10.0 Å². The topological polar surface area (TPSA) is 79.9 Å². The molecule has 1 saturated heterocycles. The van der Waals surface area contributed by atoms with Gasteiger partial charge in [-0.15, -0.1) is 0 Å². The normalized spacial score (nSPS) is 17.3. The molecule has 0 aromatic heterocycles. The minimum Gasteiger partial charge on any atom is -0.495 e. The SMILES string of the molecule is CCN(CC)S(=O)(=O)c1ccc(OC)c(NC(=S)NC[C@@H]2CCCO2)c1. The summed E-state index contributed by atoms with van der Waals surface area (Å²) in [5, 5.41) is 6.54. The summed E-state index contributed by atoms with van der Waals surface area (Å²) in [6, 6.07) is 4.72. The van der Waals surface area contributed by atoms with E-state index in [1.165, 1.54) is 11.4 Å². The van der Waals surface area contributed by atoms with Gasteiger partial charge in [0.05, 0.1) is 23.8 Å². The molecule has 0 amide bonds. The molecule has 0 saturated carbocycles. The monoisotopic (exact) mass is 401 g/mol. The third kappa shape index (κ3) is 5.06. The lowest BCUT2D eigenvalue weighted by Gasteiger charge is -2.20. The standard InChI is InChI=1S/C17H27N3O4S2/c1-4-20(5-2)26(21,22)14-8-9-16(23-3)15(11-14)19-17(25)18-12-13-7-6-10-24-13/h8-9,11,13H,4-7,10,12H2,1-3H3,(H2,18,19,25)/t13-/m0/s1. The highest BCUT2D eigenvalue weighted by Crippen LogP contribution is 2.29. The molecule has 0 spiro atoms. The maximum Gasteiger partial charge on any atom is 0.243 e. The molecule has 1 aromatic carbocycles. The first kappa shape index (κ1) is 20.9. The Morgan fingerprint density at radius 3 is 2.69 bits per heavy atom. The molecule has 1 heterocycles. The van der Waals surface area contributed by atoms with E-state index in [1.807, 2.05) is 13.8 Å². The maximum absolute atomic E-state index is 12.7. The first-order valence-electron chi connectivity index (χ1n) is 8.77. The molecule has 1 aliphatic heterocycles. The molecule has 0 unspecified atom stereocenters. The number of hydrogen-bond acceptors (Lipinski definition) is 5. The van der Waals surface area contributed by atoms with Gasteiger partial charge >= 0.3 is 0 Å². The fourth-order valence-electron chi connectivity index (χ4n) is 2.84. The predicted octanol–water partition coefficient (Wildman–Crippen LogP) is 2.19. The van der Waals surface area contributed by atoms with Crippen LogP contribution < -0.4 is 15.4 Å². The number of nitrogens with zero attached hydrogens (tertiary/aromatic N) is 1. The Morgan fingerprint density at radius 1 is 1.38 bits per heavy atom. The van der Waals surface area contributed by atoms with Gasteiger partial charge in [0.25, 0.3) is 0 Å². The van der Waals surface area contributed by atoms with Crippen LogP contribution in [-0.4, -0.2) is 57.3 Å². The number of nitrogens with one attached hydrogen (secondary N) is 2. The van der Waals surface area contributed by atoms with Crippen LogP contribution in [0.2, 0.25) is 0 Å². The summed E-state index contributed by atoms with van der Waals surface area (Å²) in [5.41, 5.74) is 0.505. The zero-order chi connectivity index (χ0) is 19.2. The Bertz CT molecular complexity index is 715. The number of anilines is 1. The van der Waals surface area contributed by atoms with Gasteiger partial charge in [-0.2, -0.15) is 4.31 Å². The smallest absolute Gasteiger partial charge is 0.243 e. The molecule has 1 aliphatic rings. The summed E-state index contributed by atoms with van der Waals surface area (Å²) >= 11 is 5.32. The zero-order valence-corrected chi connectivity index (χ0v) is 17.1. The quantitative estimate of drug-likeness (QED) is 0.647.